The standard InChI is InChI=1S/C12H14FN3O4S/c1-16-11(17)5-9(12(16)18)15-21(19,20)10-4-2-3-8(13)7(10)6-14/h2-4,9,15H,5-6,14H2,1H3. The zero-order valence-corrected chi connectivity index (χ0v) is 12.0. The molecule has 9 heteroatoms. The number of hydrogen-bond acceptors (Lipinski definition) is 5. The lowest BCUT2D eigenvalue weighted by Crippen LogP contribution is -2.41. The van der Waals surface area contributed by atoms with Gasteiger partial charge in [0.2, 0.25) is 21.8 Å². The molecular formula is C12H14FN3O4S. The first-order chi connectivity index (χ1) is 9.77. The van der Waals surface area contributed by atoms with Gasteiger partial charge in [-0.3, -0.25) is 14.5 Å². The Morgan fingerprint density at radius 2 is 2.10 bits per heavy atom. The number of halogens is 1. The molecule has 1 aromatic rings. The van der Waals surface area contributed by atoms with Gasteiger partial charge in [-0.25, -0.2) is 12.8 Å². The number of imide groups is 1. The predicted octanol–water partition coefficient (Wildman–Crippen LogP) is -0.680. The second-order valence-corrected chi connectivity index (χ2v) is 6.27. The number of likely N-dealkylation sites (N-methyl/N-ethyl adjacent to an activating group) is 1. The Bertz CT molecular complexity index is 704. The van der Waals surface area contributed by atoms with Gasteiger partial charge in [0.15, 0.2) is 0 Å². The summed E-state index contributed by atoms with van der Waals surface area (Å²) in [4.78, 5) is 23.6. The lowest BCUT2D eigenvalue weighted by molar-refractivity contribution is -0.137. The van der Waals surface area contributed by atoms with Crippen LogP contribution in [0.2, 0.25) is 0 Å². The maximum atomic E-state index is 13.6. The molecule has 1 aliphatic rings. The van der Waals surface area contributed by atoms with Crippen molar-refractivity contribution < 1.29 is 22.4 Å². The van der Waals surface area contributed by atoms with Crippen LogP contribution >= 0.6 is 0 Å². The fourth-order valence-electron chi connectivity index (χ4n) is 2.09. The second-order valence-electron chi connectivity index (χ2n) is 4.59. The smallest absolute Gasteiger partial charge is 0.247 e. The molecule has 1 unspecified atom stereocenters. The molecule has 1 aliphatic heterocycles. The van der Waals surface area contributed by atoms with Crippen LogP contribution in [0.15, 0.2) is 23.1 Å². The molecule has 1 saturated heterocycles. The maximum Gasteiger partial charge on any atom is 0.247 e. The highest BCUT2D eigenvalue weighted by Gasteiger charge is 2.39. The van der Waals surface area contributed by atoms with E-state index in [4.69, 9.17) is 5.73 Å². The molecule has 0 aliphatic carbocycles. The van der Waals surface area contributed by atoms with Crippen molar-refractivity contribution in [3.05, 3.63) is 29.6 Å². The first-order valence-corrected chi connectivity index (χ1v) is 7.56. The van der Waals surface area contributed by atoms with Crippen LogP contribution < -0.4 is 10.5 Å². The third-order valence-corrected chi connectivity index (χ3v) is 4.80. The minimum atomic E-state index is -4.16. The first-order valence-electron chi connectivity index (χ1n) is 6.08. The first kappa shape index (κ1) is 15.5. The van der Waals surface area contributed by atoms with Crippen molar-refractivity contribution in [3.63, 3.8) is 0 Å². The Kier molecular flexibility index (Phi) is 4.08. The minimum absolute atomic E-state index is 0.171. The van der Waals surface area contributed by atoms with Crippen molar-refractivity contribution in [1.29, 1.82) is 0 Å². The van der Waals surface area contributed by atoms with Crippen LogP contribution in [-0.4, -0.2) is 38.2 Å². The molecule has 1 aromatic carbocycles. The SMILES string of the molecule is CN1C(=O)CC(NS(=O)(=O)c2cccc(F)c2CN)C1=O. The number of carbonyl (C=O) groups is 2. The number of amides is 2. The largest absolute Gasteiger partial charge is 0.326 e. The van der Waals surface area contributed by atoms with E-state index in [1.807, 2.05) is 0 Å². The third-order valence-electron chi connectivity index (χ3n) is 3.25. The van der Waals surface area contributed by atoms with Crippen molar-refractivity contribution in [2.75, 3.05) is 7.05 Å². The lowest BCUT2D eigenvalue weighted by Gasteiger charge is -2.14. The Hall–Kier alpha value is -1.84. The number of nitrogens with two attached hydrogens (primary N) is 1. The molecule has 0 radical (unpaired) electrons. The third kappa shape index (κ3) is 2.80. The van der Waals surface area contributed by atoms with Gasteiger partial charge in [-0.05, 0) is 12.1 Å². The molecule has 0 saturated carbocycles. The van der Waals surface area contributed by atoms with E-state index in [2.05, 4.69) is 4.72 Å². The number of benzene rings is 1. The average Bonchev–Trinajstić information content (AvgIpc) is 2.65. The number of sulfonamides is 1. The monoisotopic (exact) mass is 315 g/mol. The molecule has 2 amide bonds. The van der Waals surface area contributed by atoms with Gasteiger partial charge in [0.1, 0.15) is 11.9 Å². The molecule has 0 aromatic heterocycles. The van der Waals surface area contributed by atoms with Crippen molar-refractivity contribution in [1.82, 2.24) is 9.62 Å². The van der Waals surface area contributed by atoms with Gasteiger partial charge >= 0.3 is 0 Å². The quantitative estimate of drug-likeness (QED) is 0.715. The number of likely N-dealkylation sites (tertiary alicyclic amines) is 1. The topological polar surface area (TPSA) is 110 Å². The zero-order valence-electron chi connectivity index (χ0n) is 11.2. The van der Waals surface area contributed by atoms with Crippen molar-refractivity contribution >= 4 is 21.8 Å². The molecule has 3 N–H and O–H groups in total. The number of rotatable bonds is 4. The number of nitrogens with one attached hydrogen (secondary N) is 1. The molecule has 0 bridgehead atoms. The van der Waals surface area contributed by atoms with Gasteiger partial charge in [0.25, 0.3) is 0 Å². The van der Waals surface area contributed by atoms with Crippen LogP contribution in [0.5, 0.6) is 0 Å². The molecule has 1 atom stereocenters. The molecule has 114 valence electrons. The second kappa shape index (κ2) is 5.51. The molecular weight excluding hydrogens is 301 g/mol. The van der Waals surface area contributed by atoms with Crippen molar-refractivity contribution in [2.24, 2.45) is 5.73 Å². The highest BCUT2D eigenvalue weighted by atomic mass is 32.2. The van der Waals surface area contributed by atoms with Gasteiger partial charge < -0.3 is 5.73 Å². The molecule has 1 heterocycles. The summed E-state index contributed by atoms with van der Waals surface area (Å²) in [5.41, 5.74) is 5.20. The van der Waals surface area contributed by atoms with E-state index >= 15 is 0 Å². The molecule has 0 spiro atoms. The van der Waals surface area contributed by atoms with Crippen LogP contribution in [0.3, 0.4) is 0 Å². The van der Waals surface area contributed by atoms with Crippen molar-refractivity contribution in [2.45, 2.75) is 23.9 Å². The minimum Gasteiger partial charge on any atom is -0.326 e. The Morgan fingerprint density at radius 1 is 1.43 bits per heavy atom. The van der Waals surface area contributed by atoms with E-state index in [9.17, 15) is 22.4 Å². The van der Waals surface area contributed by atoms with Crippen LogP contribution in [0.4, 0.5) is 4.39 Å². The van der Waals surface area contributed by atoms with E-state index in [0.29, 0.717) is 0 Å². The Labute approximate surface area is 121 Å². The van der Waals surface area contributed by atoms with Crippen molar-refractivity contribution in [3.8, 4) is 0 Å². The predicted molar refractivity (Wildman–Crippen MR) is 70.8 cm³/mol. The van der Waals surface area contributed by atoms with Gasteiger partial charge in [0, 0.05) is 19.2 Å². The van der Waals surface area contributed by atoms with Gasteiger partial charge in [-0.1, -0.05) is 6.07 Å². The van der Waals surface area contributed by atoms with E-state index in [1.165, 1.54) is 19.2 Å². The summed E-state index contributed by atoms with van der Waals surface area (Å²) in [5.74, 6) is -1.87. The zero-order chi connectivity index (χ0) is 15.8. The van der Waals surface area contributed by atoms with Gasteiger partial charge in [0.05, 0.1) is 11.3 Å². The molecule has 21 heavy (non-hydrogen) atoms. The summed E-state index contributed by atoms with van der Waals surface area (Å²) in [6, 6.07) is 2.34. The van der Waals surface area contributed by atoms with Crippen LogP contribution in [-0.2, 0) is 26.2 Å². The summed E-state index contributed by atoms with van der Waals surface area (Å²) in [6.07, 6.45) is -0.262. The Morgan fingerprint density at radius 3 is 2.62 bits per heavy atom. The van der Waals surface area contributed by atoms with E-state index in [0.717, 1.165) is 11.0 Å². The fraction of sp³-hybridized carbons (Fsp3) is 0.333. The van der Waals surface area contributed by atoms with E-state index in [-0.39, 0.29) is 23.4 Å². The fourth-order valence-corrected chi connectivity index (χ4v) is 3.54. The lowest BCUT2D eigenvalue weighted by atomic mass is 10.2. The maximum absolute atomic E-state index is 13.6. The van der Waals surface area contributed by atoms with Gasteiger partial charge in [-0.2, -0.15) is 4.72 Å². The Balaban J connectivity index is 2.34. The summed E-state index contributed by atoms with van der Waals surface area (Å²) in [7, 11) is -2.89. The van der Waals surface area contributed by atoms with E-state index < -0.39 is 33.7 Å². The number of carbonyl (C=O) groups excluding carboxylic acids is 2. The molecule has 1 fully saturated rings. The number of nitrogens with zero attached hydrogens (tertiary/aromatic N) is 1. The normalized spacial score (nSPS) is 19.4. The summed E-state index contributed by atoms with van der Waals surface area (Å²) >= 11 is 0. The molecule has 7 nitrogen and oxygen atoms in total. The number of hydrogen-bond donors (Lipinski definition) is 2. The highest BCUT2D eigenvalue weighted by Crippen LogP contribution is 2.20. The van der Waals surface area contributed by atoms with E-state index in [1.54, 1.807) is 0 Å². The molecule has 2 rings (SSSR count). The summed E-state index contributed by atoms with van der Waals surface area (Å²) < 4.78 is 40.2. The van der Waals surface area contributed by atoms with Crippen LogP contribution in [0.25, 0.3) is 0 Å². The summed E-state index contributed by atoms with van der Waals surface area (Å²) in [6.45, 7) is -0.305. The van der Waals surface area contributed by atoms with Gasteiger partial charge in [-0.15, -0.1) is 0 Å². The average molecular weight is 315 g/mol. The van der Waals surface area contributed by atoms with Crippen LogP contribution in [0.1, 0.15) is 12.0 Å². The van der Waals surface area contributed by atoms with Crippen LogP contribution in [0, 0.1) is 5.82 Å². The summed E-state index contributed by atoms with van der Waals surface area (Å²) in [5, 5.41) is 0. The highest BCUT2D eigenvalue weighted by molar-refractivity contribution is 7.89.